The van der Waals surface area contributed by atoms with E-state index < -0.39 is 5.63 Å². The third-order valence-corrected chi connectivity index (χ3v) is 4.65. The smallest absolute Gasteiger partial charge is 0.336 e. The van der Waals surface area contributed by atoms with Crippen LogP contribution in [0, 0.1) is 0 Å². The number of aromatic amines is 1. The van der Waals surface area contributed by atoms with Gasteiger partial charge in [-0.25, -0.2) is 4.79 Å². The Balaban J connectivity index is 1.31. The van der Waals surface area contributed by atoms with Gasteiger partial charge in [-0.15, -0.1) is 0 Å². The van der Waals surface area contributed by atoms with E-state index in [0.29, 0.717) is 29.3 Å². The summed E-state index contributed by atoms with van der Waals surface area (Å²) in [5.41, 5.74) is 2.09. The van der Waals surface area contributed by atoms with Crippen LogP contribution in [0.3, 0.4) is 0 Å². The molecule has 0 saturated heterocycles. The predicted molar refractivity (Wildman–Crippen MR) is 108 cm³/mol. The number of fused-ring (bicyclic) bond motifs is 2. The van der Waals surface area contributed by atoms with Gasteiger partial charge in [-0.1, -0.05) is 11.6 Å². The fraction of sp³-hybridized carbons (Fsp3) is 0.143. The van der Waals surface area contributed by atoms with E-state index >= 15 is 0 Å². The van der Waals surface area contributed by atoms with Gasteiger partial charge >= 0.3 is 5.63 Å². The molecule has 142 valence electrons. The molecular weight excluding hydrogens is 380 g/mol. The number of rotatable bonds is 6. The van der Waals surface area contributed by atoms with Crippen LogP contribution in [0.1, 0.15) is 5.56 Å². The molecule has 2 aromatic heterocycles. The van der Waals surface area contributed by atoms with Gasteiger partial charge in [0.05, 0.1) is 0 Å². The van der Waals surface area contributed by atoms with Crippen LogP contribution < -0.4 is 15.7 Å². The molecule has 2 aromatic carbocycles. The number of carbonyl (C=O) groups is 1. The van der Waals surface area contributed by atoms with Crippen LogP contribution in [0.25, 0.3) is 21.9 Å². The first-order chi connectivity index (χ1) is 13.6. The lowest BCUT2D eigenvalue weighted by molar-refractivity contribution is -0.123. The number of hydrogen-bond donors (Lipinski definition) is 2. The van der Waals surface area contributed by atoms with Gasteiger partial charge in [0.1, 0.15) is 11.3 Å². The minimum atomic E-state index is -0.430. The summed E-state index contributed by atoms with van der Waals surface area (Å²) in [6.45, 7) is 0.358. The van der Waals surface area contributed by atoms with Crippen LogP contribution in [-0.2, 0) is 11.2 Å². The molecule has 6 nitrogen and oxygen atoms in total. The quantitative estimate of drug-likeness (QED) is 0.487. The van der Waals surface area contributed by atoms with Crippen LogP contribution in [0.5, 0.6) is 5.75 Å². The van der Waals surface area contributed by atoms with Crippen LogP contribution in [0.4, 0.5) is 0 Å². The highest BCUT2D eigenvalue weighted by atomic mass is 35.5. The van der Waals surface area contributed by atoms with E-state index in [1.807, 2.05) is 24.4 Å². The molecule has 0 spiro atoms. The van der Waals surface area contributed by atoms with E-state index in [0.717, 1.165) is 21.9 Å². The zero-order chi connectivity index (χ0) is 19.5. The number of aromatic nitrogens is 1. The Morgan fingerprint density at radius 3 is 2.89 bits per heavy atom. The lowest BCUT2D eigenvalue weighted by Gasteiger charge is -2.08. The molecule has 4 rings (SSSR count). The van der Waals surface area contributed by atoms with E-state index in [2.05, 4.69) is 10.3 Å². The molecule has 28 heavy (non-hydrogen) atoms. The Morgan fingerprint density at radius 2 is 2.00 bits per heavy atom. The fourth-order valence-electron chi connectivity index (χ4n) is 3.02. The number of nitrogens with one attached hydrogen (secondary N) is 2. The van der Waals surface area contributed by atoms with Crippen molar-refractivity contribution in [1.29, 1.82) is 0 Å². The van der Waals surface area contributed by atoms with Crippen molar-refractivity contribution in [3.05, 3.63) is 75.7 Å². The fourth-order valence-corrected chi connectivity index (χ4v) is 3.20. The average Bonchev–Trinajstić information content (AvgIpc) is 3.08. The van der Waals surface area contributed by atoms with Crippen molar-refractivity contribution in [3.8, 4) is 5.75 Å². The monoisotopic (exact) mass is 396 g/mol. The highest BCUT2D eigenvalue weighted by molar-refractivity contribution is 6.31. The van der Waals surface area contributed by atoms with Crippen molar-refractivity contribution in [3.63, 3.8) is 0 Å². The van der Waals surface area contributed by atoms with E-state index in [9.17, 15) is 9.59 Å². The Bertz CT molecular complexity index is 1210. The van der Waals surface area contributed by atoms with Gasteiger partial charge in [0.2, 0.25) is 0 Å². The number of ether oxygens (including phenoxy) is 1. The van der Waals surface area contributed by atoms with Gasteiger partial charge < -0.3 is 19.5 Å². The van der Waals surface area contributed by atoms with E-state index in [-0.39, 0.29) is 12.5 Å². The van der Waals surface area contributed by atoms with Crippen LogP contribution in [0.2, 0.25) is 5.02 Å². The molecule has 4 aromatic rings. The summed E-state index contributed by atoms with van der Waals surface area (Å²) in [6.07, 6.45) is 2.60. The third kappa shape index (κ3) is 4.02. The summed E-state index contributed by atoms with van der Waals surface area (Å²) in [7, 11) is 0. The highest BCUT2D eigenvalue weighted by Crippen LogP contribution is 2.22. The van der Waals surface area contributed by atoms with Crippen molar-refractivity contribution >= 4 is 39.4 Å². The second-order valence-electron chi connectivity index (χ2n) is 6.35. The normalized spacial score (nSPS) is 11.0. The Kier molecular flexibility index (Phi) is 5.04. The highest BCUT2D eigenvalue weighted by Gasteiger charge is 2.07. The van der Waals surface area contributed by atoms with Gasteiger partial charge in [0, 0.05) is 46.2 Å². The maximum atomic E-state index is 12.0. The molecule has 2 heterocycles. The van der Waals surface area contributed by atoms with E-state index in [1.165, 1.54) is 6.07 Å². The van der Waals surface area contributed by atoms with Gasteiger partial charge in [-0.05, 0) is 48.4 Å². The number of carbonyl (C=O) groups excluding carboxylic acids is 1. The third-order valence-electron chi connectivity index (χ3n) is 4.41. The summed E-state index contributed by atoms with van der Waals surface area (Å²) in [6, 6.07) is 13.8. The molecule has 7 heteroatoms. The average molecular weight is 397 g/mol. The lowest BCUT2D eigenvalue weighted by atomic mass is 10.1. The molecule has 0 aliphatic heterocycles. The zero-order valence-corrected chi connectivity index (χ0v) is 15.6. The molecule has 0 fully saturated rings. The van der Waals surface area contributed by atoms with Crippen LogP contribution >= 0.6 is 11.6 Å². The van der Waals surface area contributed by atoms with Gasteiger partial charge in [0.25, 0.3) is 5.91 Å². The number of benzene rings is 2. The Hall–Kier alpha value is -3.25. The molecule has 0 radical (unpaired) electrons. The van der Waals surface area contributed by atoms with Crippen LogP contribution in [0.15, 0.2) is 63.9 Å². The molecule has 0 saturated carbocycles. The first-order valence-corrected chi connectivity index (χ1v) is 9.15. The second-order valence-corrected chi connectivity index (χ2v) is 6.78. The number of amides is 1. The van der Waals surface area contributed by atoms with Crippen molar-refractivity contribution < 1.29 is 13.9 Å². The first-order valence-electron chi connectivity index (χ1n) is 8.77. The van der Waals surface area contributed by atoms with Crippen molar-refractivity contribution in [2.45, 2.75) is 6.42 Å². The Morgan fingerprint density at radius 1 is 1.14 bits per heavy atom. The minimum Gasteiger partial charge on any atom is -0.484 e. The number of H-pyrrole nitrogens is 1. The summed E-state index contributed by atoms with van der Waals surface area (Å²) in [5, 5.41) is 5.35. The maximum absolute atomic E-state index is 12.0. The Labute approximate surface area is 165 Å². The molecule has 1 amide bonds. The topological polar surface area (TPSA) is 84.3 Å². The molecule has 0 aliphatic carbocycles. The van der Waals surface area contributed by atoms with Gasteiger partial charge in [0.15, 0.2) is 6.61 Å². The SMILES string of the molecule is O=C(COc1ccc2ccc(=O)oc2c1)NCCc1c[nH]c2ccc(Cl)cc12. The summed E-state index contributed by atoms with van der Waals surface area (Å²) >= 11 is 6.05. The van der Waals surface area contributed by atoms with Gasteiger partial charge in [-0.3, -0.25) is 4.79 Å². The molecule has 2 N–H and O–H groups in total. The summed E-state index contributed by atoms with van der Waals surface area (Å²) in [4.78, 5) is 26.5. The van der Waals surface area contributed by atoms with Crippen molar-refractivity contribution in [2.75, 3.05) is 13.2 Å². The zero-order valence-electron chi connectivity index (χ0n) is 14.8. The molecule has 0 bridgehead atoms. The van der Waals surface area contributed by atoms with Crippen molar-refractivity contribution in [1.82, 2.24) is 10.3 Å². The number of hydrogen-bond acceptors (Lipinski definition) is 4. The van der Waals surface area contributed by atoms with E-state index in [4.69, 9.17) is 20.8 Å². The summed E-state index contributed by atoms with van der Waals surface area (Å²) in [5.74, 6) is 0.232. The predicted octanol–water partition coefficient (Wildman–Crippen LogP) is 3.67. The van der Waals surface area contributed by atoms with Gasteiger partial charge in [-0.2, -0.15) is 0 Å². The second kappa shape index (κ2) is 7.78. The molecule has 0 unspecified atom stereocenters. The summed E-state index contributed by atoms with van der Waals surface area (Å²) < 4.78 is 10.6. The van der Waals surface area contributed by atoms with Crippen LogP contribution in [-0.4, -0.2) is 24.0 Å². The molecular formula is C21H17ClN2O4. The maximum Gasteiger partial charge on any atom is 0.336 e. The minimum absolute atomic E-state index is 0.123. The molecule has 0 aliphatic rings. The lowest BCUT2D eigenvalue weighted by Crippen LogP contribution is -2.30. The standard InChI is InChI=1S/C21H17ClN2O4/c22-15-3-5-18-17(9-15)14(11-24-18)7-8-23-20(25)12-27-16-4-1-13-2-6-21(26)28-19(13)10-16/h1-6,9-11,24H,7-8,12H2,(H,23,25). The van der Waals surface area contributed by atoms with E-state index in [1.54, 1.807) is 24.3 Å². The van der Waals surface area contributed by atoms with Crippen molar-refractivity contribution in [2.24, 2.45) is 0 Å². The molecule has 0 atom stereocenters. The first kappa shape index (κ1) is 18.1. The number of halogens is 1. The largest absolute Gasteiger partial charge is 0.484 e.